The first-order chi connectivity index (χ1) is 18.8. The summed E-state index contributed by atoms with van der Waals surface area (Å²) >= 11 is 0. The van der Waals surface area contributed by atoms with Gasteiger partial charge in [-0.1, -0.05) is 6.07 Å². The van der Waals surface area contributed by atoms with Crippen molar-refractivity contribution in [3.8, 4) is 22.9 Å². The molecule has 0 aliphatic carbocycles. The molecule has 0 spiro atoms. The van der Waals surface area contributed by atoms with Crippen molar-refractivity contribution in [3.63, 3.8) is 0 Å². The van der Waals surface area contributed by atoms with E-state index in [9.17, 15) is 14.4 Å². The third-order valence-corrected chi connectivity index (χ3v) is 8.09. The van der Waals surface area contributed by atoms with E-state index in [1.165, 1.54) is 18.7 Å². The first kappa shape index (κ1) is 26.8. The van der Waals surface area contributed by atoms with E-state index in [-0.39, 0.29) is 11.9 Å². The van der Waals surface area contributed by atoms with E-state index in [0.29, 0.717) is 53.9 Å². The van der Waals surface area contributed by atoms with Gasteiger partial charge in [-0.2, -0.15) is 9.65 Å². The third-order valence-electron chi connectivity index (χ3n) is 8.09. The van der Waals surface area contributed by atoms with Crippen LogP contribution in [0.3, 0.4) is 0 Å². The number of nitrogens with zero attached hydrogens (tertiary/aromatic N) is 5. The smallest absolute Gasteiger partial charge is 0.254 e. The Morgan fingerprint density at radius 2 is 2.00 bits per heavy atom. The summed E-state index contributed by atoms with van der Waals surface area (Å²) in [6, 6.07) is 11.5. The molecule has 1 unspecified atom stereocenters. The van der Waals surface area contributed by atoms with Gasteiger partial charge in [-0.25, -0.2) is 4.98 Å². The molecule has 1 aromatic carbocycles. The number of ether oxygens (including phenoxy) is 1. The average molecular weight is 528 g/mol. The minimum Gasteiger partial charge on any atom is -0.492 e. The molecule has 2 aliphatic rings. The van der Waals surface area contributed by atoms with Gasteiger partial charge < -0.3 is 14.5 Å². The Kier molecular flexibility index (Phi) is 7.62. The SMILES string of the molecule is CCOc1cc([C@H](C)N2CCc3c(cc(CCN4CCC4C)cc3-c3ccc(F)nc3C)C2=O)ncc1C#N. The first-order valence-corrected chi connectivity index (χ1v) is 13.7. The van der Waals surface area contributed by atoms with Crippen molar-refractivity contribution < 1.29 is 13.9 Å². The van der Waals surface area contributed by atoms with Crippen molar-refractivity contribution in [1.82, 2.24) is 19.8 Å². The molecule has 2 atom stereocenters. The van der Waals surface area contributed by atoms with E-state index in [2.05, 4.69) is 33.9 Å². The van der Waals surface area contributed by atoms with Gasteiger partial charge in [0.1, 0.15) is 17.4 Å². The number of nitriles is 1. The van der Waals surface area contributed by atoms with E-state index in [1.807, 2.05) is 31.7 Å². The molecule has 1 fully saturated rings. The highest BCUT2D eigenvalue weighted by Crippen LogP contribution is 2.36. The second-order valence-corrected chi connectivity index (χ2v) is 10.4. The van der Waals surface area contributed by atoms with Crippen LogP contribution in [0.15, 0.2) is 36.5 Å². The zero-order valence-electron chi connectivity index (χ0n) is 23.0. The third kappa shape index (κ3) is 5.24. The molecule has 1 amide bonds. The number of likely N-dealkylation sites (tertiary alicyclic amines) is 1. The highest BCUT2D eigenvalue weighted by Gasteiger charge is 2.32. The van der Waals surface area contributed by atoms with Gasteiger partial charge in [0.05, 0.1) is 18.3 Å². The molecule has 5 rings (SSSR count). The highest BCUT2D eigenvalue weighted by molar-refractivity contribution is 5.99. The maximum atomic E-state index is 14.0. The molecule has 2 aromatic heterocycles. The summed E-state index contributed by atoms with van der Waals surface area (Å²) in [5.41, 5.74) is 6.22. The molecule has 8 heteroatoms. The van der Waals surface area contributed by atoms with Crippen LogP contribution in [0.25, 0.3) is 11.1 Å². The molecule has 2 aliphatic heterocycles. The number of halogens is 1. The van der Waals surface area contributed by atoms with Crippen molar-refractivity contribution >= 4 is 5.91 Å². The number of aryl methyl sites for hydroxylation is 1. The Morgan fingerprint density at radius 3 is 2.67 bits per heavy atom. The topological polar surface area (TPSA) is 82.3 Å². The molecule has 4 heterocycles. The molecule has 7 nitrogen and oxygen atoms in total. The molecule has 0 N–H and O–H groups in total. The monoisotopic (exact) mass is 527 g/mol. The Balaban J connectivity index is 1.51. The Labute approximate surface area is 229 Å². The molecule has 0 saturated carbocycles. The Morgan fingerprint density at radius 1 is 1.21 bits per heavy atom. The quantitative estimate of drug-likeness (QED) is 0.372. The molecule has 39 heavy (non-hydrogen) atoms. The lowest BCUT2D eigenvalue weighted by Crippen LogP contribution is -2.46. The van der Waals surface area contributed by atoms with E-state index in [0.717, 1.165) is 41.8 Å². The fourth-order valence-electron chi connectivity index (χ4n) is 5.62. The van der Waals surface area contributed by atoms with Crippen LogP contribution in [0.5, 0.6) is 5.75 Å². The highest BCUT2D eigenvalue weighted by atomic mass is 19.1. The van der Waals surface area contributed by atoms with Crippen molar-refractivity contribution in [2.45, 2.75) is 59.0 Å². The van der Waals surface area contributed by atoms with Gasteiger partial charge in [-0.05, 0) is 88.4 Å². The zero-order valence-corrected chi connectivity index (χ0v) is 23.0. The van der Waals surface area contributed by atoms with Gasteiger partial charge in [0, 0.05) is 48.2 Å². The van der Waals surface area contributed by atoms with E-state index in [4.69, 9.17) is 4.74 Å². The molecule has 202 valence electrons. The summed E-state index contributed by atoms with van der Waals surface area (Å²) in [7, 11) is 0. The lowest BCUT2D eigenvalue weighted by atomic mass is 9.86. The average Bonchev–Trinajstić information content (AvgIpc) is 2.92. The number of benzene rings is 1. The summed E-state index contributed by atoms with van der Waals surface area (Å²) in [6.45, 7) is 10.9. The van der Waals surface area contributed by atoms with Crippen molar-refractivity contribution in [1.29, 1.82) is 5.26 Å². The first-order valence-electron chi connectivity index (χ1n) is 13.7. The lowest BCUT2D eigenvalue weighted by molar-refractivity contribution is 0.0668. The zero-order chi connectivity index (χ0) is 27.7. The molecule has 3 aromatic rings. The molecular formula is C31H34FN5O2. The van der Waals surface area contributed by atoms with Gasteiger partial charge in [0.2, 0.25) is 5.95 Å². The normalized spacial score (nSPS) is 17.8. The largest absolute Gasteiger partial charge is 0.492 e. The number of hydrogen-bond donors (Lipinski definition) is 0. The maximum Gasteiger partial charge on any atom is 0.254 e. The van der Waals surface area contributed by atoms with Crippen LogP contribution in [-0.4, -0.2) is 58.0 Å². The number of rotatable bonds is 8. The molecule has 0 radical (unpaired) electrons. The summed E-state index contributed by atoms with van der Waals surface area (Å²) in [5.74, 6) is -0.0859. The van der Waals surface area contributed by atoms with Crippen LogP contribution >= 0.6 is 0 Å². The summed E-state index contributed by atoms with van der Waals surface area (Å²) in [4.78, 5) is 26.9. The van der Waals surface area contributed by atoms with E-state index < -0.39 is 5.95 Å². The van der Waals surface area contributed by atoms with Crippen molar-refractivity contribution in [3.05, 3.63) is 76.1 Å². The van der Waals surface area contributed by atoms with Crippen molar-refractivity contribution in [2.75, 3.05) is 26.2 Å². The van der Waals surface area contributed by atoms with Gasteiger partial charge >= 0.3 is 0 Å². The van der Waals surface area contributed by atoms with Crippen LogP contribution in [0.4, 0.5) is 4.39 Å². The number of carbonyl (C=O) groups excluding carboxylic acids is 1. The fraction of sp³-hybridized carbons (Fsp3) is 0.419. The van der Waals surface area contributed by atoms with Crippen LogP contribution in [-0.2, 0) is 12.8 Å². The molecule has 1 saturated heterocycles. The van der Waals surface area contributed by atoms with Gasteiger partial charge in [0.15, 0.2) is 0 Å². The molecular weight excluding hydrogens is 493 g/mol. The minimum atomic E-state index is -0.509. The number of carbonyl (C=O) groups is 1. The van der Waals surface area contributed by atoms with Crippen LogP contribution in [0, 0.1) is 24.2 Å². The predicted octanol–water partition coefficient (Wildman–Crippen LogP) is 5.26. The standard InChI is InChI=1S/C31H34FN5O2/c1-5-39-29-16-28(34-18-23(29)17-33)21(4)37-13-10-25-26(24-6-7-30(32)35-20(24)3)14-22(15-27(25)31(37)38)9-12-36-11-8-19(36)2/h6-7,14-16,18-19,21H,5,8-13H2,1-4H3/t19?,21-/m0/s1. The number of pyridine rings is 2. The number of fused-ring (bicyclic) bond motifs is 1. The maximum absolute atomic E-state index is 14.0. The van der Waals surface area contributed by atoms with E-state index in [1.54, 1.807) is 12.1 Å². The summed E-state index contributed by atoms with van der Waals surface area (Å²) in [6.07, 6.45) is 4.22. The number of aromatic nitrogens is 2. The second kappa shape index (κ2) is 11.1. The van der Waals surface area contributed by atoms with Gasteiger partial charge in [0.25, 0.3) is 5.91 Å². The lowest BCUT2D eigenvalue weighted by Gasteiger charge is -2.39. The summed E-state index contributed by atoms with van der Waals surface area (Å²) in [5, 5.41) is 9.40. The van der Waals surface area contributed by atoms with Crippen molar-refractivity contribution in [2.24, 2.45) is 0 Å². The summed E-state index contributed by atoms with van der Waals surface area (Å²) < 4.78 is 19.5. The second-order valence-electron chi connectivity index (χ2n) is 10.4. The number of amides is 1. The molecule has 0 bridgehead atoms. The van der Waals surface area contributed by atoms with Gasteiger partial charge in [-0.3, -0.25) is 9.78 Å². The minimum absolute atomic E-state index is 0.0546. The predicted molar refractivity (Wildman–Crippen MR) is 147 cm³/mol. The fourth-order valence-corrected chi connectivity index (χ4v) is 5.62. The van der Waals surface area contributed by atoms with Gasteiger partial charge in [-0.15, -0.1) is 0 Å². The van der Waals surface area contributed by atoms with E-state index >= 15 is 0 Å². The van der Waals surface area contributed by atoms with Crippen LogP contribution in [0.1, 0.15) is 71.7 Å². The Hall–Kier alpha value is -3.83. The van der Waals surface area contributed by atoms with Crippen LogP contribution in [0.2, 0.25) is 0 Å². The number of hydrogen-bond acceptors (Lipinski definition) is 6. The Bertz CT molecular complexity index is 1450. The van der Waals surface area contributed by atoms with Crippen LogP contribution < -0.4 is 4.74 Å².